The van der Waals surface area contributed by atoms with Crippen LogP contribution in [0.3, 0.4) is 0 Å². The van der Waals surface area contributed by atoms with Crippen LogP contribution in [0.25, 0.3) is 10.2 Å². The molecule has 0 amide bonds. The molecular weight excluding hydrogens is 320 g/mol. The summed E-state index contributed by atoms with van der Waals surface area (Å²) in [6, 6.07) is 16.5. The number of aromatic nitrogens is 1. The summed E-state index contributed by atoms with van der Waals surface area (Å²) in [4.78, 5) is 4.73. The van der Waals surface area contributed by atoms with E-state index in [1.807, 2.05) is 30.3 Å². The van der Waals surface area contributed by atoms with Gasteiger partial charge in [-0.05, 0) is 23.8 Å². The Morgan fingerprint density at radius 3 is 2.68 bits per heavy atom. The van der Waals surface area contributed by atoms with Crippen LogP contribution in [0.4, 0.5) is 0 Å². The van der Waals surface area contributed by atoms with Crippen molar-refractivity contribution in [2.75, 3.05) is 6.54 Å². The van der Waals surface area contributed by atoms with Gasteiger partial charge in [-0.3, -0.25) is 0 Å². The summed E-state index contributed by atoms with van der Waals surface area (Å²) in [5, 5.41) is 1.09. The van der Waals surface area contributed by atoms with Crippen LogP contribution in [0.2, 0.25) is 0 Å². The summed E-state index contributed by atoms with van der Waals surface area (Å²) in [5.41, 5.74) is 8.20. The lowest BCUT2D eigenvalue weighted by Crippen LogP contribution is -2.13. The average Bonchev–Trinajstić information content (AvgIpc) is 2.83. The van der Waals surface area contributed by atoms with Crippen LogP contribution < -0.4 is 5.73 Å². The normalized spacial score (nSPS) is 12.7. The second kappa shape index (κ2) is 5.41. The van der Waals surface area contributed by atoms with E-state index in [2.05, 4.69) is 34.1 Å². The van der Waals surface area contributed by atoms with Gasteiger partial charge in [0.25, 0.3) is 0 Å². The Kier molecular flexibility index (Phi) is 3.64. The molecule has 0 aliphatic rings. The number of hydrogen-bond acceptors (Lipinski definition) is 3. The molecule has 1 unspecified atom stereocenters. The molecule has 1 aromatic heterocycles. The molecule has 0 aliphatic heterocycles. The van der Waals surface area contributed by atoms with Crippen molar-refractivity contribution in [2.24, 2.45) is 5.73 Å². The topological polar surface area (TPSA) is 38.9 Å². The Morgan fingerprint density at radius 1 is 1.16 bits per heavy atom. The molecule has 19 heavy (non-hydrogen) atoms. The van der Waals surface area contributed by atoms with E-state index in [4.69, 9.17) is 10.7 Å². The maximum absolute atomic E-state index is 5.95. The van der Waals surface area contributed by atoms with Gasteiger partial charge < -0.3 is 5.73 Å². The third-order valence-electron chi connectivity index (χ3n) is 3.10. The maximum Gasteiger partial charge on any atom is 0.103 e. The van der Waals surface area contributed by atoms with E-state index in [1.54, 1.807) is 11.3 Å². The lowest BCUT2D eigenvalue weighted by molar-refractivity contribution is 0.812. The third-order valence-corrected chi connectivity index (χ3v) is 4.75. The van der Waals surface area contributed by atoms with Crippen LogP contribution in [-0.2, 0) is 0 Å². The quantitative estimate of drug-likeness (QED) is 0.782. The van der Waals surface area contributed by atoms with Gasteiger partial charge in [-0.1, -0.05) is 46.3 Å². The first-order chi connectivity index (χ1) is 9.28. The molecule has 3 aromatic rings. The first kappa shape index (κ1) is 12.8. The van der Waals surface area contributed by atoms with Crippen LogP contribution in [0.5, 0.6) is 0 Å². The maximum atomic E-state index is 5.95. The van der Waals surface area contributed by atoms with Gasteiger partial charge in [-0.25, -0.2) is 4.98 Å². The Hall–Kier alpha value is -1.23. The molecule has 1 atom stereocenters. The number of rotatable bonds is 3. The van der Waals surface area contributed by atoms with Gasteiger partial charge in [0.15, 0.2) is 0 Å². The van der Waals surface area contributed by atoms with Crippen LogP contribution in [0.1, 0.15) is 16.5 Å². The minimum Gasteiger partial charge on any atom is -0.329 e. The molecule has 3 rings (SSSR count). The highest BCUT2D eigenvalue weighted by molar-refractivity contribution is 9.10. The summed E-state index contributed by atoms with van der Waals surface area (Å²) in [5.74, 6) is 0.178. The van der Waals surface area contributed by atoms with Crippen molar-refractivity contribution in [3.63, 3.8) is 0 Å². The molecular formula is C15H13BrN2S. The Bertz CT molecular complexity index is 694. The fourth-order valence-electron chi connectivity index (χ4n) is 2.13. The van der Waals surface area contributed by atoms with E-state index in [0.29, 0.717) is 6.54 Å². The summed E-state index contributed by atoms with van der Waals surface area (Å²) in [6.45, 7) is 0.574. The number of fused-ring (bicyclic) bond motifs is 1. The van der Waals surface area contributed by atoms with E-state index in [1.165, 1.54) is 10.3 Å². The summed E-state index contributed by atoms with van der Waals surface area (Å²) >= 11 is 5.20. The molecule has 96 valence electrons. The predicted molar refractivity (Wildman–Crippen MR) is 84.7 cm³/mol. The third kappa shape index (κ3) is 2.56. The lowest BCUT2D eigenvalue weighted by atomic mass is 10.0. The minimum absolute atomic E-state index is 0.178. The van der Waals surface area contributed by atoms with Crippen molar-refractivity contribution < 1.29 is 0 Å². The first-order valence-corrected chi connectivity index (χ1v) is 7.70. The fraction of sp³-hybridized carbons (Fsp3) is 0.133. The zero-order chi connectivity index (χ0) is 13.2. The molecule has 1 heterocycles. The molecule has 0 spiro atoms. The molecule has 0 saturated heterocycles. The molecule has 2 N–H and O–H groups in total. The molecule has 4 heteroatoms. The zero-order valence-electron chi connectivity index (χ0n) is 10.2. The fourth-order valence-corrected chi connectivity index (χ4v) is 3.57. The molecule has 0 saturated carbocycles. The van der Waals surface area contributed by atoms with E-state index in [0.717, 1.165) is 15.0 Å². The van der Waals surface area contributed by atoms with Crippen LogP contribution >= 0.6 is 27.3 Å². The zero-order valence-corrected chi connectivity index (χ0v) is 12.6. The van der Waals surface area contributed by atoms with Gasteiger partial charge in [0.2, 0.25) is 0 Å². The number of hydrogen-bond donors (Lipinski definition) is 1. The van der Waals surface area contributed by atoms with Crippen molar-refractivity contribution in [2.45, 2.75) is 5.92 Å². The number of halogens is 1. The second-order valence-corrected chi connectivity index (χ2v) is 6.34. The molecule has 0 fully saturated rings. The van der Waals surface area contributed by atoms with Gasteiger partial charge in [-0.2, -0.15) is 0 Å². The van der Waals surface area contributed by atoms with Gasteiger partial charge in [0.1, 0.15) is 5.01 Å². The predicted octanol–water partition coefficient (Wildman–Crippen LogP) is 4.15. The summed E-state index contributed by atoms with van der Waals surface area (Å²) in [7, 11) is 0. The van der Waals surface area contributed by atoms with Gasteiger partial charge >= 0.3 is 0 Å². The lowest BCUT2D eigenvalue weighted by Gasteiger charge is -2.11. The highest BCUT2D eigenvalue weighted by Crippen LogP contribution is 2.32. The Morgan fingerprint density at radius 2 is 1.95 bits per heavy atom. The van der Waals surface area contributed by atoms with Crippen LogP contribution in [0.15, 0.2) is 53.0 Å². The van der Waals surface area contributed by atoms with Gasteiger partial charge in [0, 0.05) is 16.9 Å². The first-order valence-electron chi connectivity index (χ1n) is 6.09. The van der Waals surface area contributed by atoms with Crippen molar-refractivity contribution in [1.82, 2.24) is 4.98 Å². The molecule has 0 radical (unpaired) electrons. The molecule has 2 aromatic carbocycles. The molecule has 2 nitrogen and oxygen atoms in total. The van der Waals surface area contributed by atoms with Crippen molar-refractivity contribution in [1.29, 1.82) is 0 Å². The van der Waals surface area contributed by atoms with Crippen LogP contribution in [0, 0.1) is 0 Å². The van der Waals surface area contributed by atoms with Crippen molar-refractivity contribution in [3.05, 3.63) is 63.6 Å². The summed E-state index contributed by atoms with van der Waals surface area (Å²) < 4.78 is 2.26. The SMILES string of the molecule is NCC(c1ccccc1)c1nc2cc(Br)ccc2s1. The average molecular weight is 333 g/mol. The molecule has 0 aliphatic carbocycles. The number of thiazole rings is 1. The highest BCUT2D eigenvalue weighted by atomic mass is 79.9. The smallest absolute Gasteiger partial charge is 0.103 e. The van der Waals surface area contributed by atoms with E-state index < -0.39 is 0 Å². The van der Waals surface area contributed by atoms with Gasteiger partial charge in [0.05, 0.1) is 10.2 Å². The van der Waals surface area contributed by atoms with E-state index >= 15 is 0 Å². The minimum atomic E-state index is 0.178. The standard InChI is InChI=1S/C15H13BrN2S/c16-11-6-7-14-13(8-11)18-15(19-14)12(9-17)10-4-2-1-3-5-10/h1-8,12H,9,17H2. The van der Waals surface area contributed by atoms with Crippen molar-refractivity contribution >= 4 is 37.5 Å². The molecule has 0 bridgehead atoms. The largest absolute Gasteiger partial charge is 0.329 e. The highest BCUT2D eigenvalue weighted by Gasteiger charge is 2.16. The van der Waals surface area contributed by atoms with Gasteiger partial charge in [-0.15, -0.1) is 11.3 Å². The van der Waals surface area contributed by atoms with Crippen LogP contribution in [-0.4, -0.2) is 11.5 Å². The number of nitrogens with two attached hydrogens (primary N) is 1. The summed E-state index contributed by atoms with van der Waals surface area (Å²) in [6.07, 6.45) is 0. The Balaban J connectivity index is 2.07. The van der Waals surface area contributed by atoms with Crippen molar-refractivity contribution in [3.8, 4) is 0 Å². The number of benzene rings is 2. The second-order valence-electron chi connectivity index (χ2n) is 4.36. The monoisotopic (exact) mass is 332 g/mol. The van der Waals surface area contributed by atoms with E-state index in [-0.39, 0.29) is 5.92 Å². The number of nitrogens with zero attached hydrogens (tertiary/aromatic N) is 1. The van der Waals surface area contributed by atoms with E-state index in [9.17, 15) is 0 Å². The Labute approximate surface area is 124 Å².